The van der Waals surface area contributed by atoms with Crippen LogP contribution in [0.15, 0.2) is 70.8 Å². The number of benzene rings is 2. The number of rotatable bonds is 6. The molecular weight excluding hydrogens is 541 g/mol. The maximum Gasteiger partial charge on any atom is 0.459 e. The highest BCUT2D eigenvalue weighted by molar-refractivity contribution is 7.89. The van der Waals surface area contributed by atoms with Crippen LogP contribution in [-0.4, -0.2) is 49.6 Å². The normalized spacial score (nSPS) is 16.7. The van der Waals surface area contributed by atoms with E-state index in [2.05, 4.69) is 10.1 Å². The molecular formula is C24H19F7N4O2S. The van der Waals surface area contributed by atoms with E-state index < -0.39 is 51.9 Å². The summed E-state index contributed by atoms with van der Waals surface area (Å²) in [6, 6.07) is 10.6. The number of hydrogen-bond donors (Lipinski definition) is 0. The lowest BCUT2D eigenvalue weighted by molar-refractivity contribution is -0.249. The van der Waals surface area contributed by atoms with Gasteiger partial charge in [-0.05, 0) is 30.3 Å². The van der Waals surface area contributed by atoms with Gasteiger partial charge in [-0.1, -0.05) is 24.3 Å². The van der Waals surface area contributed by atoms with E-state index in [0.717, 1.165) is 21.4 Å². The fourth-order valence-electron chi connectivity index (χ4n) is 3.83. The molecule has 1 aliphatic rings. The second-order valence-corrected chi connectivity index (χ2v) is 10.6. The topological polar surface area (TPSA) is 65.9 Å². The summed E-state index contributed by atoms with van der Waals surface area (Å²) in [7, 11) is -1.26. The van der Waals surface area contributed by atoms with Gasteiger partial charge in [0.05, 0.1) is 17.4 Å². The van der Waals surface area contributed by atoms with Gasteiger partial charge in [0.2, 0.25) is 0 Å². The molecule has 2 aromatic carbocycles. The maximum absolute atomic E-state index is 14.6. The summed E-state index contributed by atoms with van der Waals surface area (Å²) in [5, 5.41) is 4.05. The van der Waals surface area contributed by atoms with Gasteiger partial charge in [0.25, 0.3) is 10.0 Å². The first-order chi connectivity index (χ1) is 17.6. The molecule has 0 spiro atoms. The van der Waals surface area contributed by atoms with Gasteiger partial charge in [-0.2, -0.15) is 27.1 Å². The molecule has 1 atom stereocenters. The molecule has 1 aliphatic heterocycles. The molecule has 0 amide bonds. The van der Waals surface area contributed by atoms with Crippen LogP contribution in [0.2, 0.25) is 0 Å². The van der Waals surface area contributed by atoms with Gasteiger partial charge in [0.1, 0.15) is 17.3 Å². The average Bonchev–Trinajstić information content (AvgIpc) is 3.29. The van der Waals surface area contributed by atoms with Crippen molar-refractivity contribution in [3.05, 3.63) is 77.9 Å². The minimum atomic E-state index is -5.95. The quantitative estimate of drug-likeness (QED) is 0.359. The summed E-state index contributed by atoms with van der Waals surface area (Å²) < 4.78 is 122. The number of sulfonamides is 1. The van der Waals surface area contributed by atoms with Crippen molar-refractivity contribution in [2.75, 3.05) is 19.1 Å². The van der Waals surface area contributed by atoms with Gasteiger partial charge < -0.3 is 0 Å². The predicted molar refractivity (Wildman–Crippen MR) is 125 cm³/mol. The summed E-state index contributed by atoms with van der Waals surface area (Å²) in [5.41, 5.74) is -1.45. The standard InChI is InChI=1S/C24H19F7N4O2S/c1-34(2)38(36,37)22-8-4-7-19(32-22)14-5-3-6-16(11-14)35-20(17-10-9-15(25)12-18(17)26)13-21(33-35)23(27,28)24(29,30)31/h3-12,20H,13H2,1-2H3. The fraction of sp³-hybridized carbons (Fsp3) is 0.250. The van der Waals surface area contributed by atoms with Crippen molar-refractivity contribution in [3.63, 3.8) is 0 Å². The highest BCUT2D eigenvalue weighted by atomic mass is 32.2. The van der Waals surface area contributed by atoms with Crippen molar-refractivity contribution in [3.8, 4) is 11.3 Å². The number of hydrazone groups is 1. The highest BCUT2D eigenvalue weighted by Crippen LogP contribution is 2.45. The third-order valence-electron chi connectivity index (χ3n) is 5.83. The van der Waals surface area contributed by atoms with Crippen molar-refractivity contribution in [1.29, 1.82) is 0 Å². The van der Waals surface area contributed by atoms with E-state index in [-0.39, 0.29) is 27.5 Å². The minimum Gasteiger partial charge on any atom is -0.257 e. The van der Waals surface area contributed by atoms with Gasteiger partial charge in [-0.25, -0.2) is 26.5 Å². The Hall–Kier alpha value is -3.52. The van der Waals surface area contributed by atoms with Gasteiger partial charge >= 0.3 is 12.1 Å². The van der Waals surface area contributed by atoms with Crippen LogP contribution < -0.4 is 5.01 Å². The van der Waals surface area contributed by atoms with Crippen molar-refractivity contribution in [1.82, 2.24) is 9.29 Å². The number of alkyl halides is 5. The number of nitrogens with zero attached hydrogens (tertiary/aromatic N) is 4. The lowest BCUT2D eigenvalue weighted by Gasteiger charge is -2.25. The van der Waals surface area contributed by atoms with Crippen molar-refractivity contribution in [2.24, 2.45) is 5.10 Å². The van der Waals surface area contributed by atoms with Gasteiger partial charge in [0, 0.05) is 37.7 Å². The van der Waals surface area contributed by atoms with Crippen molar-refractivity contribution in [2.45, 2.75) is 29.6 Å². The Morgan fingerprint density at radius 2 is 1.63 bits per heavy atom. The Morgan fingerprint density at radius 3 is 2.26 bits per heavy atom. The zero-order chi connectivity index (χ0) is 28.0. The van der Waals surface area contributed by atoms with E-state index in [1.165, 1.54) is 56.6 Å². The fourth-order valence-corrected chi connectivity index (χ4v) is 4.67. The molecule has 0 N–H and O–H groups in total. The van der Waals surface area contributed by atoms with E-state index >= 15 is 0 Å². The maximum atomic E-state index is 14.6. The monoisotopic (exact) mass is 560 g/mol. The molecule has 0 fully saturated rings. The third kappa shape index (κ3) is 4.97. The molecule has 0 bridgehead atoms. The van der Waals surface area contributed by atoms with E-state index in [4.69, 9.17) is 0 Å². The van der Waals surface area contributed by atoms with E-state index in [0.29, 0.717) is 6.07 Å². The average molecular weight is 560 g/mol. The lowest BCUT2D eigenvalue weighted by Crippen LogP contribution is -2.43. The number of pyridine rings is 1. The van der Waals surface area contributed by atoms with Crippen LogP contribution in [0.4, 0.5) is 36.4 Å². The second-order valence-electron chi connectivity index (χ2n) is 8.55. The molecule has 14 heteroatoms. The summed E-state index contributed by atoms with van der Waals surface area (Å²) in [6.45, 7) is 0. The van der Waals surface area contributed by atoms with Crippen molar-refractivity contribution >= 4 is 21.4 Å². The molecule has 202 valence electrons. The SMILES string of the molecule is CN(C)S(=O)(=O)c1cccc(-c2cccc(N3N=C(C(F)(F)C(F)(F)F)CC3c3ccc(F)cc3F)c2)n1. The molecule has 1 unspecified atom stereocenters. The largest absolute Gasteiger partial charge is 0.459 e. The van der Waals surface area contributed by atoms with E-state index in [1.807, 2.05) is 0 Å². The number of anilines is 1. The second kappa shape index (κ2) is 9.66. The lowest BCUT2D eigenvalue weighted by atomic mass is 9.98. The predicted octanol–water partition coefficient (Wildman–Crippen LogP) is 5.78. The Morgan fingerprint density at radius 1 is 0.947 bits per heavy atom. The summed E-state index contributed by atoms with van der Waals surface area (Å²) in [6.07, 6.45) is -6.94. The first-order valence-electron chi connectivity index (χ1n) is 10.9. The number of aromatic nitrogens is 1. The molecule has 0 radical (unpaired) electrons. The van der Waals surface area contributed by atoms with Crippen LogP contribution in [0.1, 0.15) is 18.0 Å². The van der Waals surface area contributed by atoms with Gasteiger partial charge in [-0.15, -0.1) is 0 Å². The molecule has 38 heavy (non-hydrogen) atoms. The minimum absolute atomic E-state index is 0.00753. The van der Waals surface area contributed by atoms with Gasteiger partial charge in [-0.3, -0.25) is 5.01 Å². The summed E-state index contributed by atoms with van der Waals surface area (Å²) in [4.78, 5) is 4.14. The Kier molecular flexibility index (Phi) is 6.99. The zero-order valence-electron chi connectivity index (χ0n) is 19.7. The summed E-state index contributed by atoms with van der Waals surface area (Å²) >= 11 is 0. The van der Waals surface area contributed by atoms with Crippen LogP contribution in [0, 0.1) is 11.6 Å². The first-order valence-corrected chi connectivity index (χ1v) is 12.3. The Labute approximate surface area is 213 Å². The molecule has 1 aromatic heterocycles. The van der Waals surface area contributed by atoms with Crippen LogP contribution in [0.3, 0.4) is 0 Å². The third-order valence-corrected chi connectivity index (χ3v) is 7.54. The molecule has 0 saturated heterocycles. The Balaban J connectivity index is 1.82. The smallest absolute Gasteiger partial charge is 0.257 e. The van der Waals surface area contributed by atoms with Crippen LogP contribution in [-0.2, 0) is 10.0 Å². The van der Waals surface area contributed by atoms with Crippen LogP contribution >= 0.6 is 0 Å². The van der Waals surface area contributed by atoms with E-state index in [9.17, 15) is 39.2 Å². The molecule has 4 rings (SSSR count). The molecule has 6 nitrogen and oxygen atoms in total. The molecule has 3 aromatic rings. The molecule has 0 saturated carbocycles. The van der Waals surface area contributed by atoms with Crippen LogP contribution in [0.5, 0.6) is 0 Å². The van der Waals surface area contributed by atoms with Crippen molar-refractivity contribution < 1.29 is 39.2 Å². The number of halogens is 7. The zero-order valence-corrected chi connectivity index (χ0v) is 20.5. The summed E-state index contributed by atoms with van der Waals surface area (Å²) in [5.74, 6) is -7.41. The highest BCUT2D eigenvalue weighted by Gasteiger charge is 2.63. The molecule has 2 heterocycles. The number of hydrogen-bond acceptors (Lipinski definition) is 5. The Bertz CT molecular complexity index is 1510. The van der Waals surface area contributed by atoms with Crippen LogP contribution in [0.25, 0.3) is 11.3 Å². The van der Waals surface area contributed by atoms with Gasteiger partial charge in [0.15, 0.2) is 5.03 Å². The molecule has 0 aliphatic carbocycles. The van der Waals surface area contributed by atoms with E-state index in [1.54, 1.807) is 0 Å². The first kappa shape index (κ1) is 27.5.